The number of aliphatic imine (C=N–C) groups is 1. The van der Waals surface area contributed by atoms with Gasteiger partial charge in [-0.1, -0.05) is 12.1 Å². The van der Waals surface area contributed by atoms with E-state index in [-0.39, 0.29) is 5.97 Å². The third kappa shape index (κ3) is 4.01. The third-order valence-electron chi connectivity index (χ3n) is 4.88. The van der Waals surface area contributed by atoms with Crippen LogP contribution in [-0.2, 0) is 17.6 Å². The number of furan rings is 1. The number of ether oxygens (including phenoxy) is 1. The number of hydrogen-bond acceptors (Lipinski definition) is 6. The second-order valence-corrected chi connectivity index (χ2v) is 7.84. The third-order valence-corrected chi connectivity index (χ3v) is 6.08. The van der Waals surface area contributed by atoms with Crippen molar-refractivity contribution >= 4 is 28.5 Å². The maximum absolute atomic E-state index is 11.8. The summed E-state index contributed by atoms with van der Waals surface area (Å²) in [4.78, 5) is 17.6. The molecule has 6 heteroatoms. The first-order valence-corrected chi connectivity index (χ1v) is 10.5. The maximum Gasteiger partial charge on any atom is 0.338 e. The normalized spacial score (nSPS) is 13.2. The first-order chi connectivity index (χ1) is 14.2. The SMILES string of the molecule is CCOC(=O)c1ccc(-c2ccc(C=Nc3sc4c(c3C#N)CCCC4)o2)cc1. The van der Waals surface area contributed by atoms with Gasteiger partial charge in [0.1, 0.15) is 22.6 Å². The summed E-state index contributed by atoms with van der Waals surface area (Å²) in [7, 11) is 0. The Labute approximate surface area is 173 Å². The summed E-state index contributed by atoms with van der Waals surface area (Å²) < 4.78 is 10.9. The Morgan fingerprint density at radius 2 is 2.03 bits per heavy atom. The molecule has 1 aliphatic carbocycles. The number of nitrogens with zero attached hydrogens (tertiary/aromatic N) is 2. The topological polar surface area (TPSA) is 75.6 Å². The molecule has 4 rings (SSSR count). The van der Waals surface area contributed by atoms with Gasteiger partial charge in [-0.2, -0.15) is 5.26 Å². The molecule has 146 valence electrons. The van der Waals surface area contributed by atoms with E-state index >= 15 is 0 Å². The predicted molar refractivity (Wildman–Crippen MR) is 113 cm³/mol. The number of nitriles is 1. The van der Waals surface area contributed by atoms with Crippen molar-refractivity contribution in [2.24, 2.45) is 4.99 Å². The lowest BCUT2D eigenvalue weighted by Gasteiger charge is -2.09. The molecule has 2 heterocycles. The second kappa shape index (κ2) is 8.46. The lowest BCUT2D eigenvalue weighted by atomic mass is 9.96. The van der Waals surface area contributed by atoms with Crippen LogP contribution in [0, 0.1) is 11.3 Å². The second-order valence-electron chi connectivity index (χ2n) is 6.76. The Kier molecular flexibility index (Phi) is 5.59. The first-order valence-electron chi connectivity index (χ1n) is 9.65. The van der Waals surface area contributed by atoms with Crippen molar-refractivity contribution < 1.29 is 13.9 Å². The van der Waals surface area contributed by atoms with Crippen LogP contribution in [0.5, 0.6) is 0 Å². The number of aryl methyl sites for hydroxylation is 1. The molecule has 0 fully saturated rings. The number of thiophene rings is 1. The number of hydrogen-bond donors (Lipinski definition) is 0. The van der Waals surface area contributed by atoms with Crippen molar-refractivity contribution in [1.29, 1.82) is 5.26 Å². The molecule has 0 spiro atoms. The van der Waals surface area contributed by atoms with E-state index in [4.69, 9.17) is 9.15 Å². The molecule has 1 aliphatic rings. The van der Waals surface area contributed by atoms with Crippen molar-refractivity contribution in [3.05, 3.63) is 63.7 Å². The van der Waals surface area contributed by atoms with E-state index in [9.17, 15) is 10.1 Å². The molecule has 0 atom stereocenters. The summed E-state index contributed by atoms with van der Waals surface area (Å²) in [5.41, 5.74) is 3.26. The Hall–Kier alpha value is -3.17. The van der Waals surface area contributed by atoms with Gasteiger partial charge in [0.05, 0.1) is 23.9 Å². The fourth-order valence-electron chi connectivity index (χ4n) is 3.44. The number of carbonyl (C=O) groups excluding carboxylic acids is 1. The molecule has 5 nitrogen and oxygen atoms in total. The van der Waals surface area contributed by atoms with Gasteiger partial charge in [-0.05, 0) is 62.4 Å². The van der Waals surface area contributed by atoms with Crippen LogP contribution in [-0.4, -0.2) is 18.8 Å². The van der Waals surface area contributed by atoms with Crippen molar-refractivity contribution in [2.75, 3.05) is 6.61 Å². The van der Waals surface area contributed by atoms with Crippen molar-refractivity contribution in [1.82, 2.24) is 0 Å². The molecular weight excluding hydrogens is 384 g/mol. The lowest BCUT2D eigenvalue weighted by molar-refractivity contribution is 0.0526. The summed E-state index contributed by atoms with van der Waals surface area (Å²) in [6.45, 7) is 2.13. The van der Waals surface area contributed by atoms with E-state index in [0.29, 0.717) is 29.3 Å². The number of rotatable bonds is 5. The zero-order chi connectivity index (χ0) is 20.2. The smallest absolute Gasteiger partial charge is 0.338 e. The average Bonchev–Trinajstić information content (AvgIpc) is 3.36. The van der Waals surface area contributed by atoms with E-state index in [1.807, 2.05) is 24.3 Å². The van der Waals surface area contributed by atoms with Crippen LogP contribution in [0.15, 0.2) is 45.8 Å². The average molecular weight is 404 g/mol. The van der Waals surface area contributed by atoms with E-state index in [2.05, 4.69) is 11.1 Å². The Morgan fingerprint density at radius 1 is 1.24 bits per heavy atom. The van der Waals surface area contributed by atoms with E-state index < -0.39 is 0 Å². The minimum absolute atomic E-state index is 0.335. The molecule has 0 radical (unpaired) electrons. The molecular formula is C23H20N2O3S. The van der Waals surface area contributed by atoms with Gasteiger partial charge in [0.15, 0.2) is 0 Å². The van der Waals surface area contributed by atoms with Gasteiger partial charge in [-0.25, -0.2) is 9.79 Å². The van der Waals surface area contributed by atoms with Crippen LogP contribution in [0.3, 0.4) is 0 Å². The monoisotopic (exact) mass is 404 g/mol. The molecule has 0 saturated carbocycles. The van der Waals surface area contributed by atoms with E-state index in [1.54, 1.807) is 36.6 Å². The minimum Gasteiger partial charge on any atom is -0.462 e. The molecule has 29 heavy (non-hydrogen) atoms. The molecule has 0 saturated heterocycles. The van der Waals surface area contributed by atoms with E-state index in [0.717, 1.165) is 29.8 Å². The highest BCUT2D eigenvalue weighted by Gasteiger charge is 2.20. The van der Waals surface area contributed by atoms with Crippen molar-refractivity contribution in [2.45, 2.75) is 32.6 Å². The quantitative estimate of drug-likeness (QED) is 0.405. The largest absolute Gasteiger partial charge is 0.462 e. The van der Waals surface area contributed by atoms with Gasteiger partial charge >= 0.3 is 5.97 Å². The summed E-state index contributed by atoms with van der Waals surface area (Å²) in [5.74, 6) is 0.968. The molecule has 0 unspecified atom stereocenters. The fourth-order valence-corrected chi connectivity index (χ4v) is 4.63. The van der Waals surface area contributed by atoms with E-state index in [1.165, 1.54) is 16.9 Å². The van der Waals surface area contributed by atoms with Gasteiger partial charge in [-0.15, -0.1) is 11.3 Å². The Balaban J connectivity index is 1.52. The summed E-state index contributed by atoms with van der Waals surface area (Å²) >= 11 is 1.61. The molecule has 0 bridgehead atoms. The van der Waals surface area contributed by atoms with Crippen LogP contribution in [0.2, 0.25) is 0 Å². The first kappa shape index (κ1) is 19.2. The van der Waals surface area contributed by atoms with Crippen LogP contribution < -0.4 is 0 Å². The molecule has 2 aromatic heterocycles. The summed E-state index contributed by atoms with van der Waals surface area (Å²) in [6.07, 6.45) is 5.98. The van der Waals surface area contributed by atoms with Crippen LogP contribution in [0.25, 0.3) is 11.3 Å². The zero-order valence-electron chi connectivity index (χ0n) is 16.1. The number of esters is 1. The standard InChI is InChI=1S/C23H20N2O3S/c1-2-27-23(26)16-9-7-15(8-10-16)20-12-11-17(28-20)14-25-22-19(13-24)18-5-3-4-6-21(18)29-22/h7-12,14H,2-6H2,1H3. The van der Waals surface area contributed by atoms with Gasteiger partial charge < -0.3 is 9.15 Å². The predicted octanol–water partition coefficient (Wildman–Crippen LogP) is 5.69. The van der Waals surface area contributed by atoms with Crippen molar-refractivity contribution in [3.63, 3.8) is 0 Å². The van der Waals surface area contributed by atoms with Gasteiger partial charge in [0.25, 0.3) is 0 Å². The molecule has 0 amide bonds. The van der Waals surface area contributed by atoms with Gasteiger partial charge in [-0.3, -0.25) is 0 Å². The van der Waals surface area contributed by atoms with Crippen molar-refractivity contribution in [3.8, 4) is 17.4 Å². The molecule has 3 aromatic rings. The zero-order valence-corrected chi connectivity index (χ0v) is 16.9. The van der Waals surface area contributed by atoms with Crippen LogP contribution >= 0.6 is 11.3 Å². The Morgan fingerprint density at radius 3 is 2.79 bits per heavy atom. The number of benzene rings is 1. The minimum atomic E-state index is -0.335. The summed E-state index contributed by atoms with van der Waals surface area (Å²) in [5, 5.41) is 10.3. The van der Waals surface area contributed by atoms with Crippen LogP contribution in [0.1, 0.15) is 51.9 Å². The number of carbonyl (C=O) groups is 1. The Bertz CT molecular complexity index is 1100. The molecule has 0 N–H and O–H groups in total. The van der Waals surface area contributed by atoms with Gasteiger partial charge in [0.2, 0.25) is 0 Å². The highest BCUT2D eigenvalue weighted by Crippen LogP contribution is 2.39. The lowest BCUT2D eigenvalue weighted by Crippen LogP contribution is -2.03. The molecule has 1 aromatic carbocycles. The summed E-state index contributed by atoms with van der Waals surface area (Å²) in [6, 6.07) is 13.1. The highest BCUT2D eigenvalue weighted by molar-refractivity contribution is 7.16. The highest BCUT2D eigenvalue weighted by atomic mass is 32.1. The molecule has 0 aliphatic heterocycles. The van der Waals surface area contributed by atoms with Gasteiger partial charge in [0, 0.05) is 10.4 Å². The fraction of sp³-hybridized carbons (Fsp3) is 0.261. The van der Waals surface area contributed by atoms with Crippen LogP contribution in [0.4, 0.5) is 5.00 Å². The maximum atomic E-state index is 11.8. The number of fused-ring (bicyclic) bond motifs is 1.